The van der Waals surface area contributed by atoms with Crippen LogP contribution in [0.25, 0.3) is 11.3 Å². The smallest absolute Gasteiger partial charge is 0.134 e. The van der Waals surface area contributed by atoms with E-state index in [0.29, 0.717) is 11.5 Å². The van der Waals surface area contributed by atoms with Crippen molar-refractivity contribution in [1.82, 2.24) is 4.90 Å². The average molecular weight is 379 g/mol. The topological polar surface area (TPSA) is 25.6 Å². The van der Waals surface area contributed by atoms with Crippen LogP contribution in [0.1, 0.15) is 35.3 Å². The highest BCUT2D eigenvalue weighted by molar-refractivity contribution is 5.57. The van der Waals surface area contributed by atoms with Crippen LogP contribution in [0.5, 0.6) is 5.75 Å². The van der Waals surface area contributed by atoms with Crippen molar-refractivity contribution < 1.29 is 13.5 Å². The third-order valence-corrected chi connectivity index (χ3v) is 5.55. The first-order valence-electron chi connectivity index (χ1n) is 9.79. The zero-order valence-corrected chi connectivity index (χ0v) is 16.5. The first-order chi connectivity index (χ1) is 13.7. The van der Waals surface area contributed by atoms with Crippen molar-refractivity contribution in [3.8, 4) is 17.1 Å². The van der Waals surface area contributed by atoms with E-state index in [2.05, 4.69) is 24.0 Å². The molecule has 0 bridgehead atoms. The Bertz CT molecular complexity index is 932. The molecule has 2 heterocycles. The number of nitrogens with zero attached hydrogens (tertiary/aromatic N) is 1. The van der Waals surface area contributed by atoms with Crippen molar-refractivity contribution in [1.29, 1.82) is 0 Å². The minimum Gasteiger partial charge on any atom is -0.497 e. The molecule has 0 radical (unpaired) electrons. The van der Waals surface area contributed by atoms with Crippen molar-refractivity contribution >= 4 is 0 Å². The lowest BCUT2D eigenvalue weighted by molar-refractivity contribution is 0.243. The van der Waals surface area contributed by atoms with Gasteiger partial charge in [0.1, 0.15) is 23.9 Å². The molecule has 2 aromatic carbocycles. The van der Waals surface area contributed by atoms with Gasteiger partial charge in [0.05, 0.1) is 13.7 Å². The van der Waals surface area contributed by atoms with Crippen molar-refractivity contribution in [3.63, 3.8) is 0 Å². The summed E-state index contributed by atoms with van der Waals surface area (Å²) in [5, 5.41) is 0. The second-order valence-corrected chi connectivity index (χ2v) is 7.55. The van der Waals surface area contributed by atoms with E-state index in [0.717, 1.165) is 48.9 Å². The molecule has 1 unspecified atom stereocenters. The summed E-state index contributed by atoms with van der Waals surface area (Å²) >= 11 is 0. The quantitative estimate of drug-likeness (QED) is 0.578. The summed E-state index contributed by atoms with van der Waals surface area (Å²) in [6.45, 7) is 4.62. The first kappa shape index (κ1) is 18.8. The molecule has 0 saturated carbocycles. The van der Waals surface area contributed by atoms with E-state index in [-0.39, 0.29) is 0 Å². The van der Waals surface area contributed by atoms with E-state index in [1.807, 2.05) is 30.3 Å². The van der Waals surface area contributed by atoms with Gasteiger partial charge in [-0.1, -0.05) is 37.3 Å². The maximum absolute atomic E-state index is 12.7. The fourth-order valence-electron chi connectivity index (χ4n) is 3.98. The number of hydrogen-bond donors (Lipinski definition) is 0. The number of alkyl halides is 1. The SMILES string of the molecule is COc1ccc2c(c1)C(C)CN(Cc1ccc(-c3ccc(CF)cc3)o1)CC2. The zero-order valence-electron chi connectivity index (χ0n) is 16.5. The number of halogens is 1. The van der Waals surface area contributed by atoms with Crippen LogP contribution < -0.4 is 4.74 Å². The van der Waals surface area contributed by atoms with Gasteiger partial charge in [-0.05, 0) is 53.3 Å². The molecule has 0 aliphatic carbocycles. The molecule has 0 amide bonds. The number of rotatable bonds is 5. The summed E-state index contributed by atoms with van der Waals surface area (Å²) < 4.78 is 24.2. The molecule has 1 aliphatic heterocycles. The van der Waals surface area contributed by atoms with Gasteiger partial charge in [0.2, 0.25) is 0 Å². The van der Waals surface area contributed by atoms with E-state index in [4.69, 9.17) is 9.15 Å². The van der Waals surface area contributed by atoms with Crippen LogP contribution in [0.4, 0.5) is 4.39 Å². The Balaban J connectivity index is 1.46. The largest absolute Gasteiger partial charge is 0.497 e. The molecule has 0 fully saturated rings. The van der Waals surface area contributed by atoms with Crippen LogP contribution in [0.15, 0.2) is 59.0 Å². The Labute approximate surface area is 165 Å². The Hall–Kier alpha value is -2.59. The molecular formula is C24H26FNO2. The van der Waals surface area contributed by atoms with Gasteiger partial charge in [0.25, 0.3) is 0 Å². The summed E-state index contributed by atoms with van der Waals surface area (Å²) in [6, 6.07) is 17.9. The van der Waals surface area contributed by atoms with Crippen molar-refractivity contribution in [2.24, 2.45) is 0 Å². The summed E-state index contributed by atoms with van der Waals surface area (Å²) in [7, 11) is 1.72. The lowest BCUT2D eigenvalue weighted by Gasteiger charge is -2.21. The van der Waals surface area contributed by atoms with E-state index in [1.165, 1.54) is 11.1 Å². The van der Waals surface area contributed by atoms with Crippen LogP contribution in [0.3, 0.4) is 0 Å². The molecule has 0 spiro atoms. The molecule has 3 nitrogen and oxygen atoms in total. The maximum atomic E-state index is 12.7. The predicted octanol–water partition coefficient (Wildman–Crippen LogP) is 5.59. The van der Waals surface area contributed by atoms with E-state index >= 15 is 0 Å². The highest BCUT2D eigenvalue weighted by atomic mass is 19.1. The molecule has 146 valence electrons. The van der Waals surface area contributed by atoms with E-state index < -0.39 is 6.67 Å². The van der Waals surface area contributed by atoms with Gasteiger partial charge in [-0.25, -0.2) is 4.39 Å². The van der Waals surface area contributed by atoms with Gasteiger partial charge in [-0.3, -0.25) is 4.90 Å². The second-order valence-electron chi connectivity index (χ2n) is 7.55. The Kier molecular flexibility index (Phi) is 5.49. The van der Waals surface area contributed by atoms with E-state index in [9.17, 15) is 4.39 Å². The summed E-state index contributed by atoms with van der Waals surface area (Å²) in [5.41, 5.74) is 4.45. The van der Waals surface area contributed by atoms with Gasteiger partial charge in [0.15, 0.2) is 0 Å². The fraction of sp³-hybridized carbons (Fsp3) is 0.333. The first-order valence-corrected chi connectivity index (χ1v) is 9.79. The number of hydrogen-bond acceptors (Lipinski definition) is 3. The molecule has 1 atom stereocenters. The van der Waals surface area contributed by atoms with Crippen molar-refractivity contribution in [3.05, 3.63) is 77.0 Å². The lowest BCUT2D eigenvalue weighted by Crippen LogP contribution is -2.27. The Morgan fingerprint density at radius 3 is 2.68 bits per heavy atom. The van der Waals surface area contributed by atoms with E-state index in [1.54, 1.807) is 19.2 Å². The minimum absolute atomic E-state index is 0.439. The second kappa shape index (κ2) is 8.19. The number of fused-ring (bicyclic) bond motifs is 1. The van der Waals surface area contributed by atoms with Crippen molar-refractivity contribution in [2.45, 2.75) is 32.5 Å². The molecule has 0 N–H and O–H groups in total. The molecule has 4 rings (SSSR count). The lowest BCUT2D eigenvalue weighted by atomic mass is 9.95. The highest BCUT2D eigenvalue weighted by Gasteiger charge is 2.21. The van der Waals surface area contributed by atoms with Crippen LogP contribution >= 0.6 is 0 Å². The monoisotopic (exact) mass is 379 g/mol. The molecule has 1 aliphatic rings. The molecule has 3 aromatic rings. The van der Waals surface area contributed by atoms with Crippen LogP contribution in [0, 0.1) is 0 Å². The third kappa shape index (κ3) is 3.97. The number of ether oxygens (including phenoxy) is 1. The maximum Gasteiger partial charge on any atom is 0.134 e. The van der Waals surface area contributed by atoms with Crippen LogP contribution in [0.2, 0.25) is 0 Å². The normalized spacial score (nSPS) is 17.2. The summed E-state index contributed by atoms with van der Waals surface area (Å²) in [6.07, 6.45) is 1.03. The summed E-state index contributed by atoms with van der Waals surface area (Å²) in [5.74, 6) is 3.15. The zero-order chi connectivity index (χ0) is 19.5. The Morgan fingerprint density at radius 1 is 1.11 bits per heavy atom. The Morgan fingerprint density at radius 2 is 1.93 bits per heavy atom. The molecule has 1 aromatic heterocycles. The van der Waals surface area contributed by atoms with Gasteiger partial charge < -0.3 is 9.15 Å². The van der Waals surface area contributed by atoms with Gasteiger partial charge in [-0.15, -0.1) is 0 Å². The highest BCUT2D eigenvalue weighted by Crippen LogP contribution is 2.30. The van der Waals surface area contributed by atoms with Gasteiger partial charge in [0, 0.05) is 18.7 Å². The van der Waals surface area contributed by atoms with Crippen molar-refractivity contribution in [2.75, 3.05) is 20.2 Å². The molecule has 0 saturated heterocycles. The fourth-order valence-corrected chi connectivity index (χ4v) is 3.98. The molecule has 28 heavy (non-hydrogen) atoms. The number of furan rings is 1. The standard InChI is InChI=1S/C24H26FNO2/c1-17-15-26(12-11-19-7-8-21(27-2)13-23(17)19)16-22-9-10-24(28-22)20-5-3-18(14-25)4-6-20/h3-10,13,17H,11-12,14-16H2,1-2H3. The minimum atomic E-state index is -0.439. The number of methoxy groups -OCH3 is 1. The van der Waals surface area contributed by atoms with Gasteiger partial charge in [-0.2, -0.15) is 0 Å². The predicted molar refractivity (Wildman–Crippen MR) is 109 cm³/mol. The summed E-state index contributed by atoms with van der Waals surface area (Å²) in [4.78, 5) is 2.45. The van der Waals surface area contributed by atoms with Crippen LogP contribution in [-0.2, 0) is 19.6 Å². The molecule has 4 heteroatoms. The van der Waals surface area contributed by atoms with Gasteiger partial charge >= 0.3 is 0 Å². The average Bonchev–Trinajstić information content (AvgIpc) is 3.14. The molecular weight excluding hydrogens is 353 g/mol. The third-order valence-electron chi connectivity index (χ3n) is 5.55. The number of benzene rings is 2. The van der Waals surface area contributed by atoms with Crippen LogP contribution in [-0.4, -0.2) is 25.1 Å².